The maximum Gasteiger partial charge on any atom is 0.223 e. The Hall–Kier alpha value is -1.10. The Kier molecular flexibility index (Phi) is 4.55. The highest BCUT2D eigenvalue weighted by Crippen LogP contribution is 2.28. The molecule has 1 rings (SSSR count). The van der Waals surface area contributed by atoms with Crippen LogP contribution in [0.2, 0.25) is 0 Å². The molecule has 1 aliphatic carbocycles. The SMILES string of the molecule is CC(N)CC(=O)NCCNC(=O)C1CC1. The van der Waals surface area contributed by atoms with Crippen molar-refractivity contribution in [3.8, 4) is 0 Å². The molecule has 0 aromatic carbocycles. The van der Waals surface area contributed by atoms with Crippen molar-refractivity contribution in [1.82, 2.24) is 10.6 Å². The second kappa shape index (κ2) is 5.70. The second-order valence-corrected chi connectivity index (χ2v) is 4.10. The molecule has 15 heavy (non-hydrogen) atoms. The highest BCUT2D eigenvalue weighted by atomic mass is 16.2. The molecular weight excluding hydrogens is 194 g/mol. The summed E-state index contributed by atoms with van der Waals surface area (Å²) >= 11 is 0. The molecule has 0 heterocycles. The zero-order chi connectivity index (χ0) is 11.3. The summed E-state index contributed by atoms with van der Waals surface area (Å²) < 4.78 is 0. The largest absolute Gasteiger partial charge is 0.354 e. The first-order chi connectivity index (χ1) is 7.09. The molecule has 1 fully saturated rings. The number of nitrogens with two attached hydrogens (primary N) is 1. The fourth-order valence-electron chi connectivity index (χ4n) is 1.24. The highest BCUT2D eigenvalue weighted by molar-refractivity contribution is 5.81. The standard InChI is InChI=1S/C10H19N3O2/c1-7(11)6-9(14)12-4-5-13-10(15)8-2-3-8/h7-8H,2-6,11H2,1H3,(H,12,14)(H,13,15). The van der Waals surface area contributed by atoms with E-state index in [1.54, 1.807) is 6.92 Å². The van der Waals surface area contributed by atoms with E-state index in [1.807, 2.05) is 0 Å². The molecule has 5 nitrogen and oxygen atoms in total. The van der Waals surface area contributed by atoms with E-state index in [9.17, 15) is 9.59 Å². The van der Waals surface area contributed by atoms with E-state index < -0.39 is 0 Å². The lowest BCUT2D eigenvalue weighted by molar-refractivity contribution is -0.123. The van der Waals surface area contributed by atoms with Crippen molar-refractivity contribution in [2.45, 2.75) is 32.2 Å². The van der Waals surface area contributed by atoms with Crippen LogP contribution in [-0.4, -0.2) is 30.9 Å². The number of hydrogen-bond donors (Lipinski definition) is 3. The monoisotopic (exact) mass is 213 g/mol. The van der Waals surface area contributed by atoms with Gasteiger partial charge < -0.3 is 16.4 Å². The third-order valence-electron chi connectivity index (χ3n) is 2.20. The number of carbonyl (C=O) groups is 2. The van der Waals surface area contributed by atoms with Gasteiger partial charge in [0.05, 0.1) is 0 Å². The quantitative estimate of drug-likeness (QED) is 0.513. The molecule has 0 aliphatic heterocycles. The first kappa shape index (κ1) is 12.0. The molecular formula is C10H19N3O2. The van der Waals surface area contributed by atoms with Gasteiger partial charge in [0, 0.05) is 31.5 Å². The Morgan fingerprint density at radius 1 is 1.33 bits per heavy atom. The van der Waals surface area contributed by atoms with E-state index in [0.29, 0.717) is 19.5 Å². The number of amides is 2. The summed E-state index contributed by atoms with van der Waals surface area (Å²) in [5.74, 6) is 0.270. The molecule has 1 aliphatic rings. The van der Waals surface area contributed by atoms with E-state index in [4.69, 9.17) is 5.73 Å². The van der Waals surface area contributed by atoms with E-state index in [1.165, 1.54) is 0 Å². The molecule has 0 radical (unpaired) electrons. The van der Waals surface area contributed by atoms with Crippen molar-refractivity contribution in [1.29, 1.82) is 0 Å². The number of carbonyl (C=O) groups excluding carboxylic acids is 2. The molecule has 0 saturated heterocycles. The van der Waals surface area contributed by atoms with Gasteiger partial charge in [-0.15, -0.1) is 0 Å². The van der Waals surface area contributed by atoms with Crippen LogP contribution in [0.3, 0.4) is 0 Å². The van der Waals surface area contributed by atoms with Crippen molar-refractivity contribution >= 4 is 11.8 Å². The average Bonchev–Trinajstić information content (AvgIpc) is 2.93. The molecule has 0 bridgehead atoms. The van der Waals surface area contributed by atoms with Crippen LogP contribution in [0.1, 0.15) is 26.2 Å². The van der Waals surface area contributed by atoms with Crippen molar-refractivity contribution in [2.24, 2.45) is 11.7 Å². The van der Waals surface area contributed by atoms with Crippen LogP contribution in [0, 0.1) is 5.92 Å². The normalized spacial score (nSPS) is 16.9. The Labute approximate surface area is 89.8 Å². The summed E-state index contributed by atoms with van der Waals surface area (Å²) in [5.41, 5.74) is 5.46. The minimum absolute atomic E-state index is 0.0642. The summed E-state index contributed by atoms with van der Waals surface area (Å²) in [6.07, 6.45) is 2.34. The van der Waals surface area contributed by atoms with Crippen LogP contribution in [0.4, 0.5) is 0 Å². The Morgan fingerprint density at radius 3 is 2.47 bits per heavy atom. The van der Waals surface area contributed by atoms with E-state index >= 15 is 0 Å². The molecule has 5 heteroatoms. The maximum absolute atomic E-state index is 11.2. The van der Waals surface area contributed by atoms with Gasteiger partial charge in [-0.05, 0) is 19.8 Å². The lowest BCUT2D eigenvalue weighted by atomic mass is 10.2. The van der Waals surface area contributed by atoms with Crippen molar-refractivity contribution in [3.05, 3.63) is 0 Å². The zero-order valence-electron chi connectivity index (χ0n) is 9.08. The van der Waals surface area contributed by atoms with Crippen LogP contribution in [0.5, 0.6) is 0 Å². The third-order valence-corrected chi connectivity index (χ3v) is 2.20. The summed E-state index contributed by atoms with van der Waals surface area (Å²) in [6, 6.07) is -0.119. The van der Waals surface area contributed by atoms with E-state index in [-0.39, 0.29) is 23.8 Å². The van der Waals surface area contributed by atoms with Gasteiger partial charge in [0.25, 0.3) is 0 Å². The smallest absolute Gasteiger partial charge is 0.223 e. The van der Waals surface area contributed by atoms with E-state index in [2.05, 4.69) is 10.6 Å². The number of rotatable bonds is 6. The fraction of sp³-hybridized carbons (Fsp3) is 0.800. The number of hydrogen-bond acceptors (Lipinski definition) is 3. The van der Waals surface area contributed by atoms with E-state index in [0.717, 1.165) is 12.8 Å². The molecule has 1 unspecified atom stereocenters. The predicted molar refractivity (Wildman–Crippen MR) is 57.0 cm³/mol. The minimum Gasteiger partial charge on any atom is -0.354 e. The van der Waals surface area contributed by atoms with Crippen LogP contribution in [0.15, 0.2) is 0 Å². The molecule has 0 aromatic rings. The summed E-state index contributed by atoms with van der Waals surface area (Å²) in [6.45, 7) is 2.76. The van der Waals surface area contributed by atoms with Gasteiger partial charge in [-0.25, -0.2) is 0 Å². The van der Waals surface area contributed by atoms with Gasteiger partial charge in [-0.1, -0.05) is 0 Å². The molecule has 1 atom stereocenters. The highest BCUT2D eigenvalue weighted by Gasteiger charge is 2.28. The van der Waals surface area contributed by atoms with Gasteiger partial charge in [0.15, 0.2) is 0 Å². The molecule has 4 N–H and O–H groups in total. The summed E-state index contributed by atoms with van der Waals surface area (Å²) in [4.78, 5) is 22.3. The summed E-state index contributed by atoms with van der Waals surface area (Å²) in [5, 5.41) is 5.46. The van der Waals surface area contributed by atoms with Crippen LogP contribution in [-0.2, 0) is 9.59 Å². The van der Waals surface area contributed by atoms with Crippen molar-refractivity contribution in [3.63, 3.8) is 0 Å². The minimum atomic E-state index is -0.119. The van der Waals surface area contributed by atoms with Gasteiger partial charge in [-0.2, -0.15) is 0 Å². The first-order valence-corrected chi connectivity index (χ1v) is 5.39. The maximum atomic E-state index is 11.2. The lowest BCUT2D eigenvalue weighted by Crippen LogP contribution is -2.37. The Balaban J connectivity index is 1.96. The Bertz CT molecular complexity index is 237. The van der Waals surface area contributed by atoms with Crippen molar-refractivity contribution < 1.29 is 9.59 Å². The van der Waals surface area contributed by atoms with Crippen molar-refractivity contribution in [2.75, 3.05) is 13.1 Å². The van der Waals surface area contributed by atoms with Gasteiger partial charge in [-0.3, -0.25) is 9.59 Å². The second-order valence-electron chi connectivity index (χ2n) is 4.10. The van der Waals surface area contributed by atoms with Crippen LogP contribution >= 0.6 is 0 Å². The zero-order valence-corrected chi connectivity index (χ0v) is 9.08. The van der Waals surface area contributed by atoms with Gasteiger partial charge in [0.1, 0.15) is 0 Å². The lowest BCUT2D eigenvalue weighted by Gasteiger charge is -2.07. The van der Waals surface area contributed by atoms with Gasteiger partial charge >= 0.3 is 0 Å². The number of nitrogens with one attached hydrogen (secondary N) is 2. The first-order valence-electron chi connectivity index (χ1n) is 5.39. The Morgan fingerprint density at radius 2 is 1.93 bits per heavy atom. The predicted octanol–water partition coefficient (Wildman–Crippen LogP) is -0.634. The topological polar surface area (TPSA) is 84.2 Å². The average molecular weight is 213 g/mol. The van der Waals surface area contributed by atoms with Gasteiger partial charge in [0.2, 0.25) is 11.8 Å². The molecule has 0 aromatic heterocycles. The van der Waals surface area contributed by atoms with Crippen LogP contribution in [0.25, 0.3) is 0 Å². The molecule has 2 amide bonds. The third kappa shape index (κ3) is 5.37. The summed E-state index contributed by atoms with van der Waals surface area (Å²) in [7, 11) is 0. The van der Waals surface area contributed by atoms with Crippen LogP contribution < -0.4 is 16.4 Å². The fourth-order valence-corrected chi connectivity index (χ4v) is 1.24. The molecule has 1 saturated carbocycles. The molecule has 86 valence electrons. The molecule has 0 spiro atoms.